The smallest absolute Gasteiger partial charge is 0.293 e. The van der Waals surface area contributed by atoms with Crippen LogP contribution in [0.5, 0.6) is 0 Å². The van der Waals surface area contributed by atoms with Gasteiger partial charge in [0.1, 0.15) is 11.5 Å². The maximum atomic E-state index is 13.0. The van der Waals surface area contributed by atoms with Crippen molar-refractivity contribution in [1.29, 1.82) is 0 Å². The molecule has 7 nitrogen and oxygen atoms in total. The van der Waals surface area contributed by atoms with Gasteiger partial charge in [-0.3, -0.25) is 10.1 Å². The summed E-state index contributed by atoms with van der Waals surface area (Å²) in [6, 6.07) is 8.09. The minimum Gasteiger partial charge on any atom is -0.386 e. The number of halogens is 1. The van der Waals surface area contributed by atoms with Crippen molar-refractivity contribution >= 4 is 21.2 Å². The standard InChI is InChI=1S/C16H17FN2O5S/c1-10(16(20)11-3-5-12(17)6-4-11)18-14-8-7-13(25(2,23)24)9-15(14)19(21)22/h3-10,16,18,20H,1-2H3. The average Bonchev–Trinajstić information content (AvgIpc) is 2.54. The lowest BCUT2D eigenvalue weighted by atomic mass is 10.0. The first kappa shape index (κ1) is 18.8. The van der Waals surface area contributed by atoms with Crippen LogP contribution in [0.1, 0.15) is 18.6 Å². The second-order valence-corrected chi connectivity index (χ2v) is 7.65. The first-order valence-corrected chi connectivity index (χ1v) is 9.17. The molecule has 2 aromatic rings. The summed E-state index contributed by atoms with van der Waals surface area (Å²) < 4.78 is 36.0. The largest absolute Gasteiger partial charge is 0.386 e. The Morgan fingerprint density at radius 3 is 2.32 bits per heavy atom. The van der Waals surface area contributed by atoms with E-state index in [4.69, 9.17) is 0 Å². The van der Waals surface area contributed by atoms with Gasteiger partial charge in [0.25, 0.3) is 5.69 Å². The molecule has 0 aromatic heterocycles. The maximum absolute atomic E-state index is 13.0. The average molecular weight is 368 g/mol. The highest BCUT2D eigenvalue weighted by Crippen LogP contribution is 2.30. The highest BCUT2D eigenvalue weighted by atomic mass is 32.2. The summed E-state index contributed by atoms with van der Waals surface area (Å²) in [5.41, 5.74) is 0.101. The molecule has 0 radical (unpaired) electrons. The fraction of sp³-hybridized carbons (Fsp3) is 0.250. The highest BCUT2D eigenvalue weighted by Gasteiger charge is 2.23. The van der Waals surface area contributed by atoms with Gasteiger partial charge in [0.2, 0.25) is 0 Å². The molecule has 0 saturated heterocycles. The van der Waals surface area contributed by atoms with Gasteiger partial charge in [-0.25, -0.2) is 12.8 Å². The lowest BCUT2D eigenvalue weighted by Gasteiger charge is -2.21. The van der Waals surface area contributed by atoms with Gasteiger partial charge in [-0.1, -0.05) is 12.1 Å². The van der Waals surface area contributed by atoms with Gasteiger partial charge in [-0.2, -0.15) is 0 Å². The first-order chi connectivity index (χ1) is 11.6. The number of anilines is 1. The Morgan fingerprint density at radius 2 is 1.80 bits per heavy atom. The molecule has 2 unspecified atom stereocenters. The Bertz CT molecular complexity index is 884. The Hall–Kier alpha value is -2.52. The molecule has 2 atom stereocenters. The van der Waals surface area contributed by atoms with Crippen molar-refractivity contribution in [3.8, 4) is 0 Å². The van der Waals surface area contributed by atoms with Crippen molar-refractivity contribution in [3.63, 3.8) is 0 Å². The SMILES string of the molecule is CC(Nc1ccc(S(C)(=O)=O)cc1[N+](=O)[O-])C(O)c1ccc(F)cc1. The van der Waals surface area contributed by atoms with E-state index in [1.165, 1.54) is 36.4 Å². The number of nitro benzene ring substituents is 1. The van der Waals surface area contributed by atoms with Crippen molar-refractivity contribution in [2.24, 2.45) is 0 Å². The fourth-order valence-corrected chi connectivity index (χ4v) is 2.93. The van der Waals surface area contributed by atoms with Gasteiger partial charge in [0.15, 0.2) is 9.84 Å². The molecule has 0 bridgehead atoms. The van der Waals surface area contributed by atoms with E-state index in [9.17, 15) is 28.0 Å². The second kappa shape index (κ2) is 7.16. The summed E-state index contributed by atoms with van der Waals surface area (Å²) in [5.74, 6) is -0.441. The highest BCUT2D eigenvalue weighted by molar-refractivity contribution is 7.90. The molecule has 0 saturated carbocycles. The monoisotopic (exact) mass is 368 g/mol. The minimum atomic E-state index is -3.58. The molecule has 2 aromatic carbocycles. The molecule has 0 aliphatic carbocycles. The zero-order valence-electron chi connectivity index (χ0n) is 13.5. The van der Waals surface area contributed by atoms with Crippen molar-refractivity contribution in [2.45, 2.75) is 24.0 Å². The van der Waals surface area contributed by atoms with E-state index in [2.05, 4.69) is 5.32 Å². The molecule has 0 aliphatic rings. The number of aliphatic hydroxyl groups excluding tert-OH is 1. The lowest BCUT2D eigenvalue weighted by Crippen LogP contribution is -2.24. The predicted octanol–water partition coefficient (Wildman–Crippen LogP) is 2.67. The van der Waals surface area contributed by atoms with Crippen molar-refractivity contribution in [2.75, 3.05) is 11.6 Å². The van der Waals surface area contributed by atoms with Crippen molar-refractivity contribution in [1.82, 2.24) is 0 Å². The third-order valence-electron chi connectivity index (χ3n) is 3.66. The molecule has 0 aliphatic heterocycles. The van der Waals surface area contributed by atoms with Crippen LogP contribution in [0.3, 0.4) is 0 Å². The second-order valence-electron chi connectivity index (χ2n) is 5.64. The van der Waals surface area contributed by atoms with Crippen LogP contribution in [0, 0.1) is 15.9 Å². The number of aliphatic hydroxyl groups is 1. The molecule has 9 heteroatoms. The number of benzene rings is 2. The minimum absolute atomic E-state index is 0.0751. The van der Waals surface area contributed by atoms with Crippen LogP contribution < -0.4 is 5.32 Å². The Morgan fingerprint density at radius 1 is 1.20 bits per heavy atom. The summed E-state index contributed by atoms with van der Waals surface area (Å²) in [6.45, 7) is 1.60. The maximum Gasteiger partial charge on any atom is 0.293 e. The lowest BCUT2D eigenvalue weighted by molar-refractivity contribution is -0.384. The predicted molar refractivity (Wildman–Crippen MR) is 90.7 cm³/mol. The molecule has 2 N–H and O–H groups in total. The van der Waals surface area contributed by atoms with E-state index in [-0.39, 0.29) is 10.6 Å². The molecular weight excluding hydrogens is 351 g/mol. The van der Waals surface area contributed by atoms with Gasteiger partial charge in [-0.15, -0.1) is 0 Å². The van der Waals surface area contributed by atoms with Crippen LogP contribution in [0.2, 0.25) is 0 Å². The third-order valence-corrected chi connectivity index (χ3v) is 4.77. The van der Waals surface area contributed by atoms with E-state index in [1.54, 1.807) is 6.92 Å². The van der Waals surface area contributed by atoms with Crippen LogP contribution in [-0.4, -0.2) is 30.7 Å². The van der Waals surface area contributed by atoms with Crippen molar-refractivity contribution < 1.29 is 22.8 Å². The van der Waals surface area contributed by atoms with Gasteiger partial charge < -0.3 is 10.4 Å². The molecule has 2 rings (SSSR count). The number of nitro groups is 1. The topological polar surface area (TPSA) is 110 Å². The Balaban J connectivity index is 2.29. The third kappa shape index (κ3) is 4.52. The van der Waals surface area contributed by atoms with E-state index in [0.29, 0.717) is 5.56 Å². The molecular formula is C16H17FN2O5S. The molecule has 134 valence electrons. The van der Waals surface area contributed by atoms with Crippen LogP contribution >= 0.6 is 0 Å². The van der Waals surface area contributed by atoms with Crippen LogP contribution in [-0.2, 0) is 9.84 Å². The van der Waals surface area contributed by atoms with E-state index in [1.807, 2.05) is 0 Å². The number of sulfone groups is 1. The molecule has 0 fully saturated rings. The van der Waals surface area contributed by atoms with Crippen molar-refractivity contribution in [3.05, 3.63) is 64.0 Å². The first-order valence-electron chi connectivity index (χ1n) is 7.28. The molecule has 0 amide bonds. The zero-order chi connectivity index (χ0) is 18.8. The number of hydrogen-bond acceptors (Lipinski definition) is 6. The van der Waals surface area contributed by atoms with Gasteiger partial charge >= 0.3 is 0 Å². The van der Waals surface area contributed by atoms with Gasteiger partial charge in [0, 0.05) is 12.3 Å². The number of nitrogens with one attached hydrogen (secondary N) is 1. The van der Waals surface area contributed by atoms with Gasteiger partial charge in [-0.05, 0) is 36.8 Å². The summed E-state index contributed by atoms with van der Waals surface area (Å²) >= 11 is 0. The number of rotatable bonds is 6. The summed E-state index contributed by atoms with van der Waals surface area (Å²) in [7, 11) is -3.58. The number of hydrogen-bond donors (Lipinski definition) is 2. The Labute approximate surface area is 144 Å². The van der Waals surface area contributed by atoms with Crippen LogP contribution in [0.4, 0.5) is 15.8 Å². The molecule has 25 heavy (non-hydrogen) atoms. The normalized spacial score (nSPS) is 13.9. The fourth-order valence-electron chi connectivity index (χ4n) is 2.29. The zero-order valence-corrected chi connectivity index (χ0v) is 14.3. The van der Waals surface area contributed by atoms with Crippen LogP contribution in [0.15, 0.2) is 47.4 Å². The number of nitrogens with zero attached hydrogens (tertiary/aromatic N) is 1. The van der Waals surface area contributed by atoms with Gasteiger partial charge in [0.05, 0.1) is 22.0 Å². The van der Waals surface area contributed by atoms with E-state index in [0.717, 1.165) is 12.3 Å². The quantitative estimate of drug-likeness (QED) is 0.599. The Kier molecular flexibility index (Phi) is 5.39. The summed E-state index contributed by atoms with van der Waals surface area (Å²) in [4.78, 5) is 10.4. The summed E-state index contributed by atoms with van der Waals surface area (Å²) in [6.07, 6.45) is -0.0881. The molecule has 0 spiro atoms. The van der Waals surface area contributed by atoms with Crippen LogP contribution in [0.25, 0.3) is 0 Å². The molecule has 0 heterocycles. The van der Waals surface area contributed by atoms with E-state index < -0.39 is 38.4 Å². The summed E-state index contributed by atoms with van der Waals surface area (Å²) in [5, 5.41) is 24.3. The van der Waals surface area contributed by atoms with E-state index >= 15 is 0 Å².